The lowest BCUT2D eigenvalue weighted by Crippen LogP contribution is -2.57. The largest absolute Gasteiger partial charge is 0.354 e. The van der Waals surface area contributed by atoms with Gasteiger partial charge in [-0.25, -0.2) is 0 Å². The lowest BCUT2D eigenvalue weighted by molar-refractivity contribution is -0.136. The van der Waals surface area contributed by atoms with Crippen LogP contribution in [-0.2, 0) is 14.4 Å². The number of hydrogen-bond acceptors (Lipinski definition) is 3. The summed E-state index contributed by atoms with van der Waals surface area (Å²) in [6.07, 6.45) is 10.7. The van der Waals surface area contributed by atoms with Crippen LogP contribution in [0.4, 0.5) is 0 Å². The second-order valence-corrected chi connectivity index (χ2v) is 9.67. The molecule has 1 saturated heterocycles. The van der Waals surface area contributed by atoms with Gasteiger partial charge in [0.25, 0.3) is 0 Å². The van der Waals surface area contributed by atoms with E-state index < -0.39 is 5.54 Å². The van der Waals surface area contributed by atoms with Crippen LogP contribution in [0.3, 0.4) is 0 Å². The molecule has 1 aromatic carbocycles. The minimum atomic E-state index is -0.947. The lowest BCUT2D eigenvalue weighted by atomic mass is 9.89. The van der Waals surface area contributed by atoms with E-state index in [2.05, 4.69) is 10.6 Å². The fourth-order valence-electron chi connectivity index (χ4n) is 4.52. The molecule has 0 unspecified atom stereocenters. The summed E-state index contributed by atoms with van der Waals surface area (Å²) < 4.78 is 0. The molecule has 0 spiro atoms. The van der Waals surface area contributed by atoms with E-state index in [1.165, 1.54) is 32.1 Å². The number of carbonyl (C=O) groups excluding carboxylic acids is 3. The third kappa shape index (κ3) is 6.94. The molecule has 3 rings (SSSR count). The van der Waals surface area contributed by atoms with Crippen LogP contribution >= 0.6 is 0 Å². The van der Waals surface area contributed by atoms with Gasteiger partial charge in [-0.15, -0.1) is 0 Å². The van der Waals surface area contributed by atoms with Crippen molar-refractivity contribution < 1.29 is 14.4 Å². The fourth-order valence-corrected chi connectivity index (χ4v) is 4.52. The molecule has 1 aromatic rings. The third-order valence-corrected chi connectivity index (χ3v) is 6.67. The summed E-state index contributed by atoms with van der Waals surface area (Å²) in [5, 5.41) is 5.97. The third-order valence-electron chi connectivity index (χ3n) is 6.67. The molecule has 6 nitrogen and oxygen atoms in total. The van der Waals surface area contributed by atoms with Crippen LogP contribution in [0.15, 0.2) is 36.4 Å². The Balaban J connectivity index is 1.42. The molecule has 0 aromatic heterocycles. The van der Waals surface area contributed by atoms with E-state index in [0.717, 1.165) is 5.56 Å². The maximum atomic E-state index is 12.8. The first kappa shape index (κ1) is 24.0. The number of benzene rings is 1. The molecule has 0 bridgehead atoms. The summed E-state index contributed by atoms with van der Waals surface area (Å²) in [7, 11) is 0. The van der Waals surface area contributed by atoms with Crippen molar-refractivity contribution in [3.63, 3.8) is 0 Å². The van der Waals surface area contributed by atoms with Gasteiger partial charge >= 0.3 is 0 Å². The van der Waals surface area contributed by atoms with Gasteiger partial charge in [0.1, 0.15) is 5.54 Å². The van der Waals surface area contributed by atoms with Crippen molar-refractivity contribution in [1.82, 2.24) is 15.5 Å². The van der Waals surface area contributed by atoms with Gasteiger partial charge in [0.2, 0.25) is 17.7 Å². The van der Waals surface area contributed by atoms with Gasteiger partial charge in [-0.3, -0.25) is 14.4 Å². The molecule has 1 aliphatic heterocycles. The van der Waals surface area contributed by atoms with E-state index in [1.54, 1.807) is 24.8 Å². The molecular weight excluding hydrogens is 402 g/mol. The first-order chi connectivity index (χ1) is 15.3. The van der Waals surface area contributed by atoms with Crippen LogP contribution in [0.25, 0.3) is 6.08 Å². The van der Waals surface area contributed by atoms with Crippen molar-refractivity contribution >= 4 is 23.8 Å². The van der Waals surface area contributed by atoms with Gasteiger partial charge in [0.05, 0.1) is 0 Å². The van der Waals surface area contributed by atoms with Crippen molar-refractivity contribution in [3.8, 4) is 0 Å². The maximum absolute atomic E-state index is 12.8. The monoisotopic (exact) mass is 439 g/mol. The molecule has 0 atom stereocenters. The zero-order chi connectivity index (χ0) is 23.0. The summed E-state index contributed by atoms with van der Waals surface area (Å²) in [6, 6.07) is 9.72. The first-order valence-electron chi connectivity index (χ1n) is 12.0. The molecule has 2 fully saturated rings. The molecule has 0 radical (unpaired) electrons. The van der Waals surface area contributed by atoms with Gasteiger partial charge in [0, 0.05) is 31.6 Å². The molecule has 174 valence electrons. The minimum Gasteiger partial charge on any atom is -0.354 e. The number of hydrogen-bond donors (Lipinski definition) is 2. The summed E-state index contributed by atoms with van der Waals surface area (Å²) in [4.78, 5) is 39.7. The van der Waals surface area contributed by atoms with Crippen LogP contribution in [0.1, 0.15) is 64.4 Å². The Kier molecular flexibility index (Phi) is 8.48. The highest BCUT2D eigenvalue weighted by molar-refractivity contribution is 5.93. The van der Waals surface area contributed by atoms with Crippen molar-refractivity contribution in [2.24, 2.45) is 11.8 Å². The Morgan fingerprint density at radius 1 is 1.00 bits per heavy atom. The highest BCUT2D eigenvalue weighted by atomic mass is 16.2. The summed E-state index contributed by atoms with van der Waals surface area (Å²) >= 11 is 0. The SMILES string of the molecule is CC(C)(NC(=O)C1CCN(C(=O)C=Cc2ccccc2)CC1)C(=O)NCC1CCCCC1. The predicted molar refractivity (Wildman–Crippen MR) is 127 cm³/mol. The van der Waals surface area contributed by atoms with E-state index in [0.29, 0.717) is 38.4 Å². The number of nitrogens with zero attached hydrogens (tertiary/aromatic N) is 1. The van der Waals surface area contributed by atoms with E-state index in [9.17, 15) is 14.4 Å². The number of piperidine rings is 1. The molecule has 2 aliphatic rings. The molecule has 1 aliphatic carbocycles. The first-order valence-corrected chi connectivity index (χ1v) is 12.0. The molecule has 6 heteroatoms. The topological polar surface area (TPSA) is 78.5 Å². The van der Waals surface area contributed by atoms with Gasteiger partial charge in [-0.05, 0) is 57.1 Å². The Morgan fingerprint density at radius 3 is 2.31 bits per heavy atom. The van der Waals surface area contributed by atoms with Gasteiger partial charge in [0.15, 0.2) is 0 Å². The Labute approximate surface area is 191 Å². The van der Waals surface area contributed by atoms with Gasteiger partial charge < -0.3 is 15.5 Å². The maximum Gasteiger partial charge on any atom is 0.246 e. The Hall–Kier alpha value is -2.63. The number of amides is 3. The minimum absolute atomic E-state index is 0.0323. The molecule has 1 heterocycles. The highest BCUT2D eigenvalue weighted by Gasteiger charge is 2.34. The van der Waals surface area contributed by atoms with Crippen molar-refractivity contribution in [3.05, 3.63) is 42.0 Å². The average molecular weight is 440 g/mol. The van der Waals surface area contributed by atoms with Crippen LogP contribution < -0.4 is 10.6 Å². The fraction of sp³-hybridized carbons (Fsp3) is 0.577. The van der Waals surface area contributed by atoms with E-state index in [-0.39, 0.29) is 23.6 Å². The number of carbonyl (C=O) groups is 3. The highest BCUT2D eigenvalue weighted by Crippen LogP contribution is 2.23. The van der Waals surface area contributed by atoms with Crippen molar-refractivity contribution in [2.75, 3.05) is 19.6 Å². The van der Waals surface area contributed by atoms with Gasteiger partial charge in [-0.2, -0.15) is 0 Å². The molecule has 2 N–H and O–H groups in total. The second-order valence-electron chi connectivity index (χ2n) is 9.67. The normalized spacial score (nSPS) is 18.5. The van der Waals surface area contributed by atoms with E-state index in [4.69, 9.17) is 0 Å². The zero-order valence-electron chi connectivity index (χ0n) is 19.4. The summed E-state index contributed by atoms with van der Waals surface area (Å²) in [5.41, 5.74) is 0.0380. The molecule has 32 heavy (non-hydrogen) atoms. The lowest BCUT2D eigenvalue weighted by Gasteiger charge is -2.33. The van der Waals surface area contributed by atoms with Crippen molar-refractivity contribution in [1.29, 1.82) is 0 Å². The van der Waals surface area contributed by atoms with Gasteiger partial charge in [-0.1, -0.05) is 49.6 Å². The summed E-state index contributed by atoms with van der Waals surface area (Å²) in [5.74, 6) is 0.111. The average Bonchev–Trinajstić information content (AvgIpc) is 2.82. The van der Waals surface area contributed by atoms with Crippen LogP contribution in [-0.4, -0.2) is 47.8 Å². The van der Waals surface area contributed by atoms with Crippen LogP contribution in [0.5, 0.6) is 0 Å². The summed E-state index contributed by atoms with van der Waals surface area (Å²) in [6.45, 7) is 5.30. The smallest absolute Gasteiger partial charge is 0.246 e. The van der Waals surface area contributed by atoms with Crippen LogP contribution in [0.2, 0.25) is 0 Å². The molecular formula is C26H37N3O3. The zero-order valence-corrected chi connectivity index (χ0v) is 19.4. The Morgan fingerprint density at radius 2 is 1.66 bits per heavy atom. The number of nitrogens with one attached hydrogen (secondary N) is 2. The van der Waals surface area contributed by atoms with Crippen molar-refractivity contribution in [2.45, 2.75) is 64.3 Å². The van der Waals surface area contributed by atoms with E-state index >= 15 is 0 Å². The predicted octanol–water partition coefficient (Wildman–Crippen LogP) is 3.53. The standard InChI is InChI=1S/C26H37N3O3/c1-26(2,25(32)27-19-21-11-7-4-8-12-21)28-24(31)22-15-17-29(18-16-22)23(30)14-13-20-9-5-3-6-10-20/h3,5-6,9-10,13-14,21-22H,4,7-8,11-12,15-19H2,1-2H3,(H,27,32)(H,28,31). The van der Waals surface area contributed by atoms with Crippen LogP contribution in [0, 0.1) is 11.8 Å². The number of likely N-dealkylation sites (tertiary alicyclic amines) is 1. The molecule has 3 amide bonds. The number of rotatable bonds is 7. The molecule has 1 saturated carbocycles. The van der Waals surface area contributed by atoms with E-state index in [1.807, 2.05) is 36.4 Å². The quantitative estimate of drug-likeness (QED) is 0.638. The Bertz CT molecular complexity index is 805. The second kappa shape index (κ2) is 11.3.